The van der Waals surface area contributed by atoms with Gasteiger partial charge in [0.2, 0.25) is 11.8 Å². The van der Waals surface area contributed by atoms with Gasteiger partial charge >= 0.3 is 0 Å². The maximum atomic E-state index is 5.69. The Kier molecular flexibility index (Phi) is 3.58. The van der Waals surface area contributed by atoms with Gasteiger partial charge < -0.3 is 10.1 Å². The number of para-hydroxylation sites is 1. The molecular formula is C12H12BrN3O. The Labute approximate surface area is 108 Å². The quantitative estimate of drug-likeness (QED) is 0.942. The number of hydrogen-bond donors (Lipinski definition) is 1. The second kappa shape index (κ2) is 5.14. The largest absolute Gasteiger partial charge is 0.438 e. The lowest BCUT2D eigenvalue weighted by Crippen LogP contribution is -1.99. The van der Waals surface area contributed by atoms with Gasteiger partial charge in [0.1, 0.15) is 5.75 Å². The van der Waals surface area contributed by atoms with E-state index in [2.05, 4.69) is 31.2 Å². The number of rotatable bonds is 3. The minimum absolute atomic E-state index is 0.522. The van der Waals surface area contributed by atoms with Gasteiger partial charge in [0, 0.05) is 18.8 Å². The average molecular weight is 294 g/mol. The molecule has 1 heterocycles. The van der Waals surface area contributed by atoms with Crippen molar-refractivity contribution in [3.63, 3.8) is 0 Å². The van der Waals surface area contributed by atoms with Crippen molar-refractivity contribution >= 4 is 21.9 Å². The third-order valence-electron chi connectivity index (χ3n) is 2.11. The summed E-state index contributed by atoms with van der Waals surface area (Å²) >= 11 is 3.42. The number of halogens is 1. The van der Waals surface area contributed by atoms with Crippen LogP contribution in [0.2, 0.25) is 0 Å². The van der Waals surface area contributed by atoms with E-state index in [1.807, 2.05) is 31.2 Å². The van der Waals surface area contributed by atoms with Gasteiger partial charge in [0.05, 0.1) is 4.47 Å². The predicted octanol–water partition coefficient (Wildman–Crippen LogP) is 3.38. The van der Waals surface area contributed by atoms with E-state index in [1.54, 1.807) is 13.1 Å². The summed E-state index contributed by atoms with van der Waals surface area (Å²) in [6, 6.07) is 9.43. The van der Waals surface area contributed by atoms with Crippen LogP contribution in [0, 0.1) is 6.92 Å². The molecule has 0 amide bonds. The molecule has 4 nitrogen and oxygen atoms in total. The molecule has 0 aliphatic heterocycles. The molecule has 0 fully saturated rings. The zero-order valence-corrected chi connectivity index (χ0v) is 11.2. The van der Waals surface area contributed by atoms with Crippen molar-refractivity contribution in [1.29, 1.82) is 0 Å². The first-order valence-electron chi connectivity index (χ1n) is 5.15. The van der Waals surface area contributed by atoms with Gasteiger partial charge in [-0.05, 0) is 35.0 Å². The van der Waals surface area contributed by atoms with Crippen LogP contribution in [0.5, 0.6) is 11.6 Å². The maximum absolute atomic E-state index is 5.69. The number of aromatic nitrogens is 2. The molecule has 0 saturated carbocycles. The van der Waals surface area contributed by atoms with E-state index in [1.165, 1.54) is 0 Å². The maximum Gasteiger partial charge on any atom is 0.225 e. The fourth-order valence-electron chi connectivity index (χ4n) is 1.34. The minimum atomic E-state index is 0.522. The van der Waals surface area contributed by atoms with Crippen LogP contribution in [0.3, 0.4) is 0 Å². The number of nitrogens with one attached hydrogen (secondary N) is 1. The number of ether oxygens (including phenoxy) is 1. The molecule has 0 atom stereocenters. The molecule has 1 aromatic carbocycles. The first-order valence-corrected chi connectivity index (χ1v) is 5.94. The second-order valence-corrected chi connectivity index (χ2v) is 4.31. The van der Waals surface area contributed by atoms with Crippen molar-refractivity contribution in [1.82, 2.24) is 9.97 Å². The summed E-state index contributed by atoms with van der Waals surface area (Å²) in [5.41, 5.74) is 0.853. The van der Waals surface area contributed by atoms with E-state index in [9.17, 15) is 0 Å². The normalized spacial score (nSPS) is 10.1. The lowest BCUT2D eigenvalue weighted by Gasteiger charge is -2.08. The minimum Gasteiger partial charge on any atom is -0.438 e. The lowest BCUT2D eigenvalue weighted by atomic mass is 10.3. The van der Waals surface area contributed by atoms with Crippen LogP contribution in [-0.2, 0) is 0 Å². The fourth-order valence-corrected chi connectivity index (χ4v) is 1.71. The van der Waals surface area contributed by atoms with E-state index in [0.29, 0.717) is 11.8 Å². The molecule has 0 unspecified atom stereocenters. The number of anilines is 1. The lowest BCUT2D eigenvalue weighted by molar-refractivity contribution is 0.459. The van der Waals surface area contributed by atoms with Crippen molar-refractivity contribution in [2.75, 3.05) is 12.4 Å². The summed E-state index contributed by atoms with van der Waals surface area (Å²) in [4.78, 5) is 8.43. The monoisotopic (exact) mass is 293 g/mol. The van der Waals surface area contributed by atoms with Gasteiger partial charge in [-0.25, -0.2) is 4.98 Å². The van der Waals surface area contributed by atoms with E-state index >= 15 is 0 Å². The van der Waals surface area contributed by atoms with Gasteiger partial charge in [-0.15, -0.1) is 0 Å². The van der Waals surface area contributed by atoms with Crippen LogP contribution in [0.1, 0.15) is 5.69 Å². The highest BCUT2D eigenvalue weighted by Gasteiger charge is 2.05. The third kappa shape index (κ3) is 2.94. The summed E-state index contributed by atoms with van der Waals surface area (Å²) in [5.74, 6) is 1.80. The highest BCUT2D eigenvalue weighted by Crippen LogP contribution is 2.28. The Bertz CT molecular complexity index is 531. The molecule has 0 aliphatic carbocycles. The van der Waals surface area contributed by atoms with E-state index in [-0.39, 0.29) is 0 Å². The van der Waals surface area contributed by atoms with E-state index in [4.69, 9.17) is 4.74 Å². The van der Waals surface area contributed by atoms with Crippen LogP contribution >= 0.6 is 15.9 Å². The molecule has 88 valence electrons. The summed E-state index contributed by atoms with van der Waals surface area (Å²) in [7, 11) is 1.77. The van der Waals surface area contributed by atoms with Crippen LogP contribution in [-0.4, -0.2) is 17.0 Å². The van der Waals surface area contributed by atoms with Crippen molar-refractivity contribution in [2.45, 2.75) is 6.92 Å². The van der Waals surface area contributed by atoms with Gasteiger partial charge in [0.15, 0.2) is 0 Å². The highest BCUT2D eigenvalue weighted by molar-refractivity contribution is 9.10. The Morgan fingerprint density at radius 3 is 2.71 bits per heavy atom. The second-order valence-electron chi connectivity index (χ2n) is 3.45. The molecule has 0 saturated heterocycles. The highest BCUT2D eigenvalue weighted by atomic mass is 79.9. The molecule has 0 aliphatic rings. The van der Waals surface area contributed by atoms with E-state index < -0.39 is 0 Å². The number of aryl methyl sites for hydroxylation is 1. The van der Waals surface area contributed by atoms with Gasteiger partial charge in [-0.3, -0.25) is 0 Å². The van der Waals surface area contributed by atoms with Crippen molar-refractivity contribution in [3.8, 4) is 11.6 Å². The van der Waals surface area contributed by atoms with Gasteiger partial charge in [-0.1, -0.05) is 12.1 Å². The molecule has 1 aromatic heterocycles. The van der Waals surface area contributed by atoms with Crippen LogP contribution < -0.4 is 10.1 Å². The average Bonchev–Trinajstić information content (AvgIpc) is 2.31. The molecular weight excluding hydrogens is 282 g/mol. The SMILES string of the molecule is CNc1nc(C)cc(Oc2ccccc2Br)n1. The predicted molar refractivity (Wildman–Crippen MR) is 70.5 cm³/mol. The number of hydrogen-bond acceptors (Lipinski definition) is 4. The van der Waals surface area contributed by atoms with Crippen LogP contribution in [0.15, 0.2) is 34.8 Å². The zero-order chi connectivity index (χ0) is 12.3. The summed E-state index contributed by atoms with van der Waals surface area (Å²) in [5, 5.41) is 2.89. The van der Waals surface area contributed by atoms with Crippen molar-refractivity contribution in [3.05, 3.63) is 40.5 Å². The molecule has 0 spiro atoms. The Hall–Kier alpha value is -1.62. The van der Waals surface area contributed by atoms with Crippen LogP contribution in [0.25, 0.3) is 0 Å². The topological polar surface area (TPSA) is 47.0 Å². The first kappa shape index (κ1) is 11.9. The summed E-state index contributed by atoms with van der Waals surface area (Å²) in [6.45, 7) is 1.90. The molecule has 2 rings (SSSR count). The molecule has 5 heteroatoms. The van der Waals surface area contributed by atoms with Crippen molar-refractivity contribution in [2.24, 2.45) is 0 Å². The summed E-state index contributed by atoms with van der Waals surface area (Å²) in [6.07, 6.45) is 0. The number of benzene rings is 1. The summed E-state index contributed by atoms with van der Waals surface area (Å²) < 4.78 is 6.59. The van der Waals surface area contributed by atoms with Crippen molar-refractivity contribution < 1.29 is 4.74 Å². The number of nitrogens with zero attached hydrogens (tertiary/aromatic N) is 2. The smallest absolute Gasteiger partial charge is 0.225 e. The first-order chi connectivity index (χ1) is 8.19. The molecule has 0 bridgehead atoms. The van der Waals surface area contributed by atoms with Gasteiger partial charge in [0.25, 0.3) is 0 Å². The fraction of sp³-hybridized carbons (Fsp3) is 0.167. The molecule has 17 heavy (non-hydrogen) atoms. The Morgan fingerprint density at radius 2 is 2.00 bits per heavy atom. The molecule has 1 N–H and O–H groups in total. The molecule has 0 radical (unpaired) electrons. The van der Waals surface area contributed by atoms with Crippen LogP contribution in [0.4, 0.5) is 5.95 Å². The third-order valence-corrected chi connectivity index (χ3v) is 2.76. The van der Waals surface area contributed by atoms with E-state index in [0.717, 1.165) is 15.9 Å². The zero-order valence-electron chi connectivity index (χ0n) is 9.57. The van der Waals surface area contributed by atoms with Gasteiger partial charge in [-0.2, -0.15) is 4.98 Å². The Balaban J connectivity index is 2.30. The molecule has 2 aromatic rings. The standard InChI is InChI=1S/C12H12BrN3O/c1-8-7-11(16-12(14-2)15-8)17-10-6-4-3-5-9(10)13/h3-7H,1-2H3,(H,14,15,16). The Morgan fingerprint density at radius 1 is 1.24 bits per heavy atom.